The largest absolute Gasteiger partial charge is 0.494 e. The van der Waals surface area contributed by atoms with E-state index in [9.17, 15) is 0 Å². The quantitative estimate of drug-likeness (QED) is 0.143. The Morgan fingerprint density at radius 2 is 1.55 bits per heavy atom. The molecule has 31 heavy (non-hydrogen) atoms. The van der Waals surface area contributed by atoms with Gasteiger partial charge in [-0.3, -0.25) is 16.1 Å². The first-order valence-corrected chi connectivity index (χ1v) is 11.0. The minimum absolute atomic E-state index is 0.0395. The molecule has 1 aromatic heterocycles. The van der Waals surface area contributed by atoms with Crippen LogP contribution in [-0.2, 0) is 0 Å². The molecule has 7 nitrogen and oxygen atoms in total. The summed E-state index contributed by atoms with van der Waals surface area (Å²) < 4.78 is 11.6. The van der Waals surface area contributed by atoms with Crippen LogP contribution in [0.2, 0.25) is 0 Å². The van der Waals surface area contributed by atoms with Crippen molar-refractivity contribution in [1.29, 1.82) is 5.41 Å². The molecule has 0 aliphatic carbocycles. The molecule has 164 valence electrons. The Morgan fingerprint density at radius 3 is 2.06 bits per heavy atom. The van der Waals surface area contributed by atoms with Gasteiger partial charge in [0.05, 0.1) is 18.9 Å². The van der Waals surface area contributed by atoms with E-state index in [0.717, 1.165) is 47.2 Å². The number of thiazole rings is 1. The topological polar surface area (TPSA) is 99.5 Å². The lowest BCUT2D eigenvalue weighted by atomic mass is 10.1. The van der Waals surface area contributed by atoms with E-state index in [1.165, 1.54) is 4.88 Å². The maximum Gasteiger partial charge on any atom is 0.183 e. The third kappa shape index (κ3) is 6.44. The normalized spacial score (nSPS) is 10.5. The standard InChI is InChI=1S/C23H28N4O3S/c1-16-21(26-23(25-2)31-16)17-6-10-19(11-7-17)29-14-4-3-5-15-30-20-12-8-18(9-13-20)22(24)27-28/h6-13,28H,3-5,14-15H2,1-2H3,(H2,24,27)(H,25,26). The lowest BCUT2D eigenvalue weighted by Crippen LogP contribution is -2.18. The predicted octanol–water partition coefficient (Wildman–Crippen LogP) is 5.09. The summed E-state index contributed by atoms with van der Waals surface area (Å²) in [6.45, 7) is 3.38. The average Bonchev–Trinajstić information content (AvgIpc) is 3.19. The van der Waals surface area contributed by atoms with Gasteiger partial charge >= 0.3 is 0 Å². The van der Waals surface area contributed by atoms with E-state index in [1.807, 2.05) is 36.8 Å². The molecule has 0 radical (unpaired) electrons. The van der Waals surface area contributed by atoms with Crippen molar-refractivity contribution in [3.8, 4) is 22.8 Å². The maximum atomic E-state index is 8.73. The van der Waals surface area contributed by atoms with E-state index in [0.29, 0.717) is 18.8 Å². The molecule has 3 rings (SSSR count). The van der Waals surface area contributed by atoms with Gasteiger partial charge in [-0.2, -0.15) is 0 Å². The van der Waals surface area contributed by atoms with Crippen LogP contribution in [0.1, 0.15) is 29.7 Å². The summed E-state index contributed by atoms with van der Waals surface area (Å²) in [5.41, 5.74) is 4.53. The molecule has 0 saturated heterocycles. The van der Waals surface area contributed by atoms with Crippen LogP contribution in [0.25, 0.3) is 11.3 Å². The first-order chi connectivity index (χ1) is 15.1. The number of unbranched alkanes of at least 4 members (excludes halogenated alkanes) is 2. The molecule has 0 saturated carbocycles. The Kier molecular flexibility index (Phi) is 8.26. The first-order valence-electron chi connectivity index (χ1n) is 10.2. The van der Waals surface area contributed by atoms with Crippen LogP contribution in [-0.4, -0.2) is 36.3 Å². The van der Waals surface area contributed by atoms with E-state index in [-0.39, 0.29) is 5.84 Å². The van der Waals surface area contributed by atoms with Crippen LogP contribution in [0.3, 0.4) is 0 Å². The fourth-order valence-electron chi connectivity index (χ4n) is 3.02. The van der Waals surface area contributed by atoms with Crippen molar-refractivity contribution in [2.24, 2.45) is 0 Å². The Bertz CT molecular complexity index is 971. The molecular weight excluding hydrogens is 412 g/mol. The Balaban J connectivity index is 1.33. The monoisotopic (exact) mass is 440 g/mol. The molecule has 0 spiro atoms. The van der Waals surface area contributed by atoms with Crippen molar-refractivity contribution in [2.45, 2.75) is 26.2 Å². The van der Waals surface area contributed by atoms with Crippen molar-refractivity contribution >= 4 is 22.3 Å². The van der Waals surface area contributed by atoms with Crippen molar-refractivity contribution in [3.05, 3.63) is 59.0 Å². The van der Waals surface area contributed by atoms with Crippen molar-refractivity contribution in [1.82, 2.24) is 10.5 Å². The summed E-state index contributed by atoms with van der Waals surface area (Å²) in [7, 11) is 1.88. The second-order valence-electron chi connectivity index (χ2n) is 6.97. The third-order valence-corrected chi connectivity index (χ3v) is 5.71. The highest BCUT2D eigenvalue weighted by Crippen LogP contribution is 2.31. The zero-order chi connectivity index (χ0) is 22.1. The molecule has 3 aromatic rings. The van der Waals surface area contributed by atoms with E-state index in [4.69, 9.17) is 20.1 Å². The Morgan fingerprint density at radius 1 is 0.968 bits per heavy atom. The van der Waals surface area contributed by atoms with Crippen LogP contribution in [0.4, 0.5) is 5.13 Å². The fourth-order valence-corrected chi connectivity index (χ4v) is 3.81. The number of anilines is 1. The predicted molar refractivity (Wildman–Crippen MR) is 125 cm³/mol. The van der Waals surface area contributed by atoms with Gasteiger partial charge in [0.25, 0.3) is 0 Å². The van der Waals surface area contributed by atoms with Gasteiger partial charge in [0.1, 0.15) is 17.3 Å². The molecule has 2 aromatic carbocycles. The fraction of sp³-hybridized carbons (Fsp3) is 0.304. The maximum absolute atomic E-state index is 8.73. The number of nitrogens with zero attached hydrogens (tertiary/aromatic N) is 1. The molecule has 0 bridgehead atoms. The van der Waals surface area contributed by atoms with E-state index >= 15 is 0 Å². The van der Waals surface area contributed by atoms with Gasteiger partial charge in [-0.25, -0.2) is 4.98 Å². The van der Waals surface area contributed by atoms with Gasteiger partial charge in [-0.1, -0.05) is 0 Å². The number of hydrogen-bond acceptors (Lipinski definition) is 7. The van der Waals surface area contributed by atoms with Gasteiger partial charge in [-0.15, -0.1) is 11.3 Å². The summed E-state index contributed by atoms with van der Waals surface area (Å²) in [4.78, 5) is 5.79. The molecule has 0 atom stereocenters. The lowest BCUT2D eigenvalue weighted by Gasteiger charge is -2.09. The number of aromatic nitrogens is 1. The van der Waals surface area contributed by atoms with Gasteiger partial charge in [0.2, 0.25) is 0 Å². The third-order valence-electron chi connectivity index (χ3n) is 4.72. The number of ether oxygens (including phenoxy) is 2. The van der Waals surface area contributed by atoms with Crippen LogP contribution in [0.15, 0.2) is 48.5 Å². The first kappa shape index (κ1) is 22.6. The number of benzene rings is 2. The summed E-state index contributed by atoms with van der Waals surface area (Å²) in [5, 5.41) is 20.2. The average molecular weight is 441 g/mol. The highest BCUT2D eigenvalue weighted by atomic mass is 32.1. The smallest absolute Gasteiger partial charge is 0.183 e. The molecular formula is C23H28N4O3S. The Hall–Kier alpha value is -3.10. The zero-order valence-electron chi connectivity index (χ0n) is 17.8. The molecule has 0 fully saturated rings. The summed E-state index contributed by atoms with van der Waals surface area (Å²) in [6, 6.07) is 15.1. The van der Waals surface area contributed by atoms with Crippen LogP contribution in [0, 0.1) is 12.3 Å². The molecule has 8 heteroatoms. The van der Waals surface area contributed by atoms with Crippen LogP contribution < -0.4 is 20.3 Å². The number of nitrogens with one attached hydrogen (secondary N) is 3. The molecule has 4 N–H and O–H groups in total. The van der Waals surface area contributed by atoms with Gasteiger partial charge in [0, 0.05) is 23.1 Å². The SMILES string of the molecule is CNc1nc(-c2ccc(OCCCCCOc3ccc(C(=N)NO)cc3)cc2)c(C)s1. The summed E-state index contributed by atoms with van der Waals surface area (Å²) in [5.74, 6) is 1.58. The van der Waals surface area contributed by atoms with E-state index in [1.54, 1.807) is 35.6 Å². The zero-order valence-corrected chi connectivity index (χ0v) is 18.6. The number of aryl methyl sites for hydroxylation is 1. The number of hydrogen-bond donors (Lipinski definition) is 4. The van der Waals surface area contributed by atoms with E-state index in [2.05, 4.69) is 17.2 Å². The highest BCUT2D eigenvalue weighted by Gasteiger charge is 2.09. The van der Waals surface area contributed by atoms with Gasteiger partial charge in [-0.05, 0) is 74.7 Å². The van der Waals surface area contributed by atoms with Crippen molar-refractivity contribution < 1.29 is 14.7 Å². The highest BCUT2D eigenvalue weighted by molar-refractivity contribution is 7.15. The second-order valence-corrected chi connectivity index (χ2v) is 8.17. The number of hydroxylamine groups is 1. The number of amidine groups is 1. The number of rotatable bonds is 11. The molecule has 1 heterocycles. The van der Waals surface area contributed by atoms with Crippen molar-refractivity contribution in [3.63, 3.8) is 0 Å². The van der Waals surface area contributed by atoms with Crippen molar-refractivity contribution in [2.75, 3.05) is 25.6 Å². The molecule has 0 amide bonds. The summed E-state index contributed by atoms with van der Waals surface area (Å²) in [6.07, 6.45) is 2.91. The minimum Gasteiger partial charge on any atom is -0.494 e. The molecule has 0 unspecified atom stereocenters. The summed E-state index contributed by atoms with van der Waals surface area (Å²) >= 11 is 1.65. The molecule has 0 aliphatic rings. The lowest BCUT2D eigenvalue weighted by molar-refractivity contribution is 0.234. The van der Waals surface area contributed by atoms with Crippen LogP contribution >= 0.6 is 11.3 Å². The van der Waals surface area contributed by atoms with E-state index < -0.39 is 0 Å². The second kappa shape index (κ2) is 11.3. The molecule has 0 aliphatic heterocycles. The minimum atomic E-state index is -0.0395. The van der Waals surface area contributed by atoms with Gasteiger partial charge in [0.15, 0.2) is 5.13 Å². The van der Waals surface area contributed by atoms with Gasteiger partial charge < -0.3 is 14.8 Å². The van der Waals surface area contributed by atoms with Crippen LogP contribution in [0.5, 0.6) is 11.5 Å². The Labute approximate surface area is 186 Å².